The molecule has 1 unspecified atom stereocenters. The van der Waals surface area contributed by atoms with Crippen LogP contribution in [0.4, 0.5) is 0 Å². The lowest BCUT2D eigenvalue weighted by molar-refractivity contribution is 0.0824. The van der Waals surface area contributed by atoms with Crippen molar-refractivity contribution in [1.29, 1.82) is 0 Å². The van der Waals surface area contributed by atoms with E-state index in [2.05, 4.69) is 11.9 Å². The zero-order valence-electron chi connectivity index (χ0n) is 9.40. The van der Waals surface area contributed by atoms with E-state index in [0.717, 1.165) is 23.7 Å². The number of nitrogens with zero attached hydrogens (tertiary/aromatic N) is 1. The Labute approximate surface area is 95.1 Å². The van der Waals surface area contributed by atoms with Crippen molar-refractivity contribution in [2.45, 2.75) is 39.2 Å². The quantitative estimate of drug-likeness (QED) is 0.729. The summed E-state index contributed by atoms with van der Waals surface area (Å²) in [5.74, 6) is 0. The standard InChI is InChI=1S/C11H19NO2S/c1-3-5-14-6-4-10(13)7-11-12-9(2)8-15-11/h8,10,13H,3-7H2,1-2H3. The van der Waals surface area contributed by atoms with Crippen molar-refractivity contribution in [3.8, 4) is 0 Å². The molecule has 1 aromatic rings. The van der Waals surface area contributed by atoms with E-state index in [1.807, 2.05) is 12.3 Å². The summed E-state index contributed by atoms with van der Waals surface area (Å²) < 4.78 is 5.32. The fraction of sp³-hybridized carbons (Fsp3) is 0.727. The Hall–Kier alpha value is -0.450. The smallest absolute Gasteiger partial charge is 0.0953 e. The number of aliphatic hydroxyl groups excluding tert-OH is 1. The van der Waals surface area contributed by atoms with E-state index in [-0.39, 0.29) is 6.10 Å². The largest absolute Gasteiger partial charge is 0.393 e. The highest BCUT2D eigenvalue weighted by molar-refractivity contribution is 7.09. The van der Waals surface area contributed by atoms with Crippen LogP contribution in [0.3, 0.4) is 0 Å². The minimum atomic E-state index is -0.326. The summed E-state index contributed by atoms with van der Waals surface area (Å²) >= 11 is 1.61. The first-order valence-electron chi connectivity index (χ1n) is 5.39. The Morgan fingerprint density at radius 1 is 1.53 bits per heavy atom. The lowest BCUT2D eigenvalue weighted by atomic mass is 10.2. The average molecular weight is 229 g/mol. The second-order valence-electron chi connectivity index (χ2n) is 3.64. The van der Waals surface area contributed by atoms with Crippen molar-refractivity contribution in [2.75, 3.05) is 13.2 Å². The van der Waals surface area contributed by atoms with Gasteiger partial charge in [0.15, 0.2) is 0 Å². The van der Waals surface area contributed by atoms with Gasteiger partial charge in [0.1, 0.15) is 0 Å². The van der Waals surface area contributed by atoms with Gasteiger partial charge in [-0.2, -0.15) is 0 Å². The first-order chi connectivity index (χ1) is 7.22. The van der Waals surface area contributed by atoms with E-state index in [4.69, 9.17) is 4.74 Å². The third-order valence-electron chi connectivity index (χ3n) is 2.02. The van der Waals surface area contributed by atoms with Crippen molar-refractivity contribution in [1.82, 2.24) is 4.98 Å². The molecule has 0 aliphatic heterocycles. The Morgan fingerprint density at radius 2 is 2.33 bits per heavy atom. The first-order valence-corrected chi connectivity index (χ1v) is 6.27. The van der Waals surface area contributed by atoms with Crippen LogP contribution in [0.5, 0.6) is 0 Å². The SMILES string of the molecule is CCCOCCC(O)Cc1nc(C)cs1. The van der Waals surface area contributed by atoms with Gasteiger partial charge < -0.3 is 9.84 Å². The molecule has 1 aromatic heterocycles. The van der Waals surface area contributed by atoms with Crippen LogP contribution in [0, 0.1) is 6.92 Å². The molecule has 0 spiro atoms. The number of rotatable bonds is 7. The maximum Gasteiger partial charge on any atom is 0.0953 e. The van der Waals surface area contributed by atoms with Gasteiger partial charge >= 0.3 is 0 Å². The highest BCUT2D eigenvalue weighted by Crippen LogP contribution is 2.12. The Morgan fingerprint density at radius 3 is 2.93 bits per heavy atom. The van der Waals surface area contributed by atoms with E-state index in [1.165, 1.54) is 0 Å². The predicted octanol–water partition coefficient (Wildman–Crippen LogP) is 2.17. The molecule has 1 atom stereocenters. The number of aliphatic hydroxyl groups is 1. The Balaban J connectivity index is 2.15. The molecule has 0 aliphatic rings. The maximum atomic E-state index is 9.70. The van der Waals surface area contributed by atoms with E-state index in [0.29, 0.717) is 19.4 Å². The topological polar surface area (TPSA) is 42.4 Å². The van der Waals surface area contributed by atoms with Crippen LogP contribution < -0.4 is 0 Å². The lowest BCUT2D eigenvalue weighted by Crippen LogP contribution is -2.13. The average Bonchev–Trinajstić information content (AvgIpc) is 2.59. The van der Waals surface area contributed by atoms with Gasteiger partial charge in [0.05, 0.1) is 11.1 Å². The summed E-state index contributed by atoms with van der Waals surface area (Å²) in [5.41, 5.74) is 1.03. The van der Waals surface area contributed by atoms with Gasteiger partial charge in [-0.1, -0.05) is 6.92 Å². The number of hydrogen-bond acceptors (Lipinski definition) is 4. The Kier molecular flexibility index (Phi) is 5.83. The molecule has 0 bridgehead atoms. The molecule has 1 heterocycles. The summed E-state index contributed by atoms with van der Waals surface area (Å²) in [5, 5.41) is 12.7. The van der Waals surface area contributed by atoms with E-state index in [1.54, 1.807) is 11.3 Å². The van der Waals surface area contributed by atoms with Crippen LogP contribution in [-0.4, -0.2) is 29.4 Å². The van der Waals surface area contributed by atoms with Crippen LogP contribution in [-0.2, 0) is 11.2 Å². The molecule has 0 radical (unpaired) electrons. The molecule has 1 N–H and O–H groups in total. The molecule has 3 nitrogen and oxygen atoms in total. The van der Waals surface area contributed by atoms with Gasteiger partial charge in [-0.05, 0) is 19.8 Å². The molecular weight excluding hydrogens is 210 g/mol. The highest BCUT2D eigenvalue weighted by atomic mass is 32.1. The van der Waals surface area contributed by atoms with Gasteiger partial charge in [-0.3, -0.25) is 0 Å². The van der Waals surface area contributed by atoms with Crippen LogP contribution in [0.15, 0.2) is 5.38 Å². The summed E-state index contributed by atoms with van der Waals surface area (Å²) in [7, 11) is 0. The van der Waals surface area contributed by atoms with E-state index in [9.17, 15) is 5.11 Å². The van der Waals surface area contributed by atoms with E-state index >= 15 is 0 Å². The fourth-order valence-corrected chi connectivity index (χ4v) is 2.11. The van der Waals surface area contributed by atoms with Crippen LogP contribution >= 0.6 is 11.3 Å². The molecule has 1 rings (SSSR count). The van der Waals surface area contributed by atoms with Gasteiger partial charge in [0.25, 0.3) is 0 Å². The Bertz CT molecular complexity index is 275. The third kappa shape index (κ3) is 5.25. The number of ether oxygens (including phenoxy) is 1. The molecule has 0 aliphatic carbocycles. The molecular formula is C11H19NO2S. The van der Waals surface area contributed by atoms with Gasteiger partial charge in [0.2, 0.25) is 0 Å². The second kappa shape index (κ2) is 6.93. The van der Waals surface area contributed by atoms with Gasteiger partial charge in [-0.15, -0.1) is 11.3 Å². The van der Waals surface area contributed by atoms with Crippen LogP contribution in [0.2, 0.25) is 0 Å². The summed E-state index contributed by atoms with van der Waals surface area (Å²) in [4.78, 5) is 4.31. The summed E-state index contributed by atoms with van der Waals surface area (Å²) in [6, 6.07) is 0. The number of hydrogen-bond donors (Lipinski definition) is 1. The van der Waals surface area contributed by atoms with Gasteiger partial charge in [0, 0.05) is 30.7 Å². The molecule has 86 valence electrons. The third-order valence-corrected chi connectivity index (χ3v) is 3.01. The maximum absolute atomic E-state index is 9.70. The molecule has 15 heavy (non-hydrogen) atoms. The zero-order chi connectivity index (χ0) is 11.1. The van der Waals surface area contributed by atoms with Crippen LogP contribution in [0.25, 0.3) is 0 Å². The second-order valence-corrected chi connectivity index (χ2v) is 4.58. The predicted molar refractivity (Wildman–Crippen MR) is 62.3 cm³/mol. The number of aromatic nitrogens is 1. The highest BCUT2D eigenvalue weighted by Gasteiger charge is 2.08. The minimum absolute atomic E-state index is 0.326. The monoisotopic (exact) mass is 229 g/mol. The van der Waals surface area contributed by atoms with Crippen LogP contribution in [0.1, 0.15) is 30.5 Å². The fourth-order valence-electron chi connectivity index (χ4n) is 1.27. The molecule has 0 saturated carbocycles. The molecule has 0 aromatic carbocycles. The van der Waals surface area contributed by atoms with Crippen molar-refractivity contribution >= 4 is 11.3 Å². The summed E-state index contributed by atoms with van der Waals surface area (Å²) in [6.45, 7) is 5.47. The minimum Gasteiger partial charge on any atom is -0.393 e. The van der Waals surface area contributed by atoms with Crippen molar-refractivity contribution in [2.24, 2.45) is 0 Å². The normalized spacial score (nSPS) is 13.0. The number of aryl methyl sites for hydroxylation is 1. The first kappa shape index (κ1) is 12.6. The van der Waals surface area contributed by atoms with Crippen molar-refractivity contribution in [3.05, 3.63) is 16.1 Å². The summed E-state index contributed by atoms with van der Waals surface area (Å²) in [6.07, 6.45) is 2.04. The molecule has 0 saturated heterocycles. The van der Waals surface area contributed by atoms with Gasteiger partial charge in [-0.25, -0.2) is 4.98 Å². The molecule has 0 amide bonds. The molecule has 0 fully saturated rings. The van der Waals surface area contributed by atoms with E-state index < -0.39 is 0 Å². The zero-order valence-corrected chi connectivity index (χ0v) is 10.2. The van der Waals surface area contributed by atoms with Crippen molar-refractivity contribution < 1.29 is 9.84 Å². The number of thiazole rings is 1. The molecule has 4 heteroatoms. The lowest BCUT2D eigenvalue weighted by Gasteiger charge is -2.08. The van der Waals surface area contributed by atoms with Crippen molar-refractivity contribution in [3.63, 3.8) is 0 Å².